The third-order valence-electron chi connectivity index (χ3n) is 3.07. The van der Waals surface area contributed by atoms with Gasteiger partial charge in [-0.1, -0.05) is 29.3 Å². The van der Waals surface area contributed by atoms with E-state index in [-0.39, 0.29) is 0 Å². The van der Waals surface area contributed by atoms with Gasteiger partial charge in [0.15, 0.2) is 5.82 Å². The Kier molecular flexibility index (Phi) is 3.51. The van der Waals surface area contributed by atoms with Crippen LogP contribution < -0.4 is 5.32 Å². The van der Waals surface area contributed by atoms with Crippen LogP contribution in [0.5, 0.6) is 0 Å². The number of nitrogens with one attached hydrogen (secondary N) is 1. The summed E-state index contributed by atoms with van der Waals surface area (Å²) in [6.07, 6.45) is 3.52. The summed E-state index contributed by atoms with van der Waals surface area (Å²) in [6, 6.07) is 7.46. The van der Waals surface area contributed by atoms with Crippen LogP contribution in [0.2, 0.25) is 10.0 Å². The number of pyridine rings is 1. The van der Waals surface area contributed by atoms with E-state index in [2.05, 4.69) is 15.3 Å². The molecule has 0 aliphatic heterocycles. The Morgan fingerprint density at radius 2 is 2.00 bits per heavy atom. The number of hydrogen-bond donors (Lipinski definition) is 1. The molecule has 0 aliphatic carbocycles. The first kappa shape index (κ1) is 13.2. The fourth-order valence-corrected chi connectivity index (χ4v) is 2.39. The van der Waals surface area contributed by atoms with E-state index in [4.69, 9.17) is 23.2 Å². The van der Waals surface area contributed by atoms with Crippen molar-refractivity contribution in [1.82, 2.24) is 14.5 Å². The third-order valence-corrected chi connectivity index (χ3v) is 3.81. The molecule has 0 saturated carbocycles. The van der Waals surface area contributed by atoms with E-state index >= 15 is 0 Å². The zero-order valence-corrected chi connectivity index (χ0v) is 12.3. The number of imidazole rings is 1. The van der Waals surface area contributed by atoms with Crippen LogP contribution in [0.25, 0.3) is 11.0 Å². The first-order chi connectivity index (χ1) is 9.65. The molecule has 2 aromatic heterocycles. The van der Waals surface area contributed by atoms with Crippen molar-refractivity contribution in [2.45, 2.75) is 6.54 Å². The summed E-state index contributed by atoms with van der Waals surface area (Å²) >= 11 is 11.9. The SMILES string of the molecule is Cn1cnc2ccnc(NCc3ccc(Cl)c(Cl)c3)c21. The first-order valence-electron chi connectivity index (χ1n) is 6.09. The lowest BCUT2D eigenvalue weighted by Gasteiger charge is -2.08. The van der Waals surface area contributed by atoms with E-state index in [9.17, 15) is 0 Å². The van der Waals surface area contributed by atoms with Crippen LogP contribution in [0.15, 0.2) is 36.8 Å². The number of fused-ring (bicyclic) bond motifs is 1. The highest BCUT2D eigenvalue weighted by Crippen LogP contribution is 2.24. The molecule has 0 radical (unpaired) electrons. The zero-order valence-electron chi connectivity index (χ0n) is 10.8. The van der Waals surface area contributed by atoms with Gasteiger partial charge < -0.3 is 9.88 Å². The largest absolute Gasteiger partial charge is 0.364 e. The molecule has 102 valence electrons. The van der Waals surface area contributed by atoms with Crippen LogP contribution in [0.1, 0.15) is 5.56 Å². The van der Waals surface area contributed by atoms with Crippen LogP contribution in [0.4, 0.5) is 5.82 Å². The molecule has 0 bridgehead atoms. The van der Waals surface area contributed by atoms with Gasteiger partial charge in [0, 0.05) is 19.8 Å². The lowest BCUT2D eigenvalue weighted by molar-refractivity contribution is 0.942. The number of anilines is 1. The van der Waals surface area contributed by atoms with Gasteiger partial charge in [-0.15, -0.1) is 0 Å². The molecule has 20 heavy (non-hydrogen) atoms. The fourth-order valence-electron chi connectivity index (χ4n) is 2.07. The van der Waals surface area contributed by atoms with Gasteiger partial charge in [0.05, 0.1) is 21.9 Å². The molecule has 0 atom stereocenters. The van der Waals surface area contributed by atoms with E-state index in [1.807, 2.05) is 29.8 Å². The monoisotopic (exact) mass is 306 g/mol. The molecule has 0 unspecified atom stereocenters. The average molecular weight is 307 g/mol. The Morgan fingerprint density at radius 1 is 1.15 bits per heavy atom. The average Bonchev–Trinajstić information content (AvgIpc) is 2.83. The minimum atomic E-state index is 0.553. The van der Waals surface area contributed by atoms with Crippen molar-refractivity contribution in [3.8, 4) is 0 Å². The van der Waals surface area contributed by atoms with Gasteiger partial charge in [0.1, 0.15) is 5.52 Å². The minimum absolute atomic E-state index is 0.553. The molecule has 0 amide bonds. The Morgan fingerprint density at radius 3 is 2.80 bits per heavy atom. The van der Waals surface area contributed by atoms with E-state index in [0.717, 1.165) is 22.4 Å². The molecule has 0 aliphatic rings. The number of hydrogen-bond acceptors (Lipinski definition) is 3. The molecule has 6 heteroatoms. The Labute approximate surface area is 126 Å². The van der Waals surface area contributed by atoms with Crippen molar-refractivity contribution in [2.24, 2.45) is 7.05 Å². The van der Waals surface area contributed by atoms with Gasteiger partial charge in [-0.25, -0.2) is 9.97 Å². The summed E-state index contributed by atoms with van der Waals surface area (Å²) < 4.78 is 1.94. The Hall–Kier alpha value is -1.78. The van der Waals surface area contributed by atoms with Crippen molar-refractivity contribution in [1.29, 1.82) is 0 Å². The lowest BCUT2D eigenvalue weighted by Crippen LogP contribution is -2.03. The molecule has 0 spiro atoms. The molecule has 1 aromatic carbocycles. The topological polar surface area (TPSA) is 42.7 Å². The van der Waals surface area contributed by atoms with Crippen molar-refractivity contribution < 1.29 is 0 Å². The second-order valence-electron chi connectivity index (χ2n) is 4.48. The molecular weight excluding hydrogens is 295 g/mol. The van der Waals surface area contributed by atoms with Gasteiger partial charge in [-0.05, 0) is 23.8 Å². The highest BCUT2D eigenvalue weighted by Gasteiger charge is 2.07. The van der Waals surface area contributed by atoms with E-state index in [1.54, 1.807) is 18.6 Å². The summed E-state index contributed by atoms with van der Waals surface area (Å²) in [5, 5.41) is 4.41. The maximum atomic E-state index is 6.01. The number of rotatable bonds is 3. The summed E-state index contributed by atoms with van der Waals surface area (Å²) in [7, 11) is 1.95. The van der Waals surface area contributed by atoms with Gasteiger partial charge >= 0.3 is 0 Å². The zero-order chi connectivity index (χ0) is 14.1. The van der Waals surface area contributed by atoms with Crippen LogP contribution >= 0.6 is 23.2 Å². The van der Waals surface area contributed by atoms with Crippen LogP contribution in [0.3, 0.4) is 0 Å². The summed E-state index contributed by atoms with van der Waals surface area (Å²) in [5.74, 6) is 0.800. The molecule has 0 saturated heterocycles. The van der Waals surface area contributed by atoms with Crippen molar-refractivity contribution in [3.05, 3.63) is 52.4 Å². The van der Waals surface area contributed by atoms with Crippen LogP contribution in [0, 0.1) is 0 Å². The third kappa shape index (κ3) is 2.44. The molecule has 4 nitrogen and oxygen atoms in total. The molecule has 0 fully saturated rings. The van der Waals surface area contributed by atoms with E-state index < -0.39 is 0 Å². The van der Waals surface area contributed by atoms with Crippen LogP contribution in [-0.2, 0) is 13.6 Å². The lowest BCUT2D eigenvalue weighted by atomic mass is 10.2. The van der Waals surface area contributed by atoms with Gasteiger partial charge in [-0.3, -0.25) is 0 Å². The molecule has 3 rings (SSSR count). The number of aromatic nitrogens is 3. The quantitative estimate of drug-likeness (QED) is 0.798. The Bertz CT molecular complexity index is 767. The molecule has 2 heterocycles. The number of nitrogens with zero attached hydrogens (tertiary/aromatic N) is 3. The van der Waals surface area contributed by atoms with Gasteiger partial charge in [0.2, 0.25) is 0 Å². The summed E-state index contributed by atoms with van der Waals surface area (Å²) in [5.41, 5.74) is 2.94. The molecule has 1 N–H and O–H groups in total. The van der Waals surface area contributed by atoms with Gasteiger partial charge in [-0.2, -0.15) is 0 Å². The normalized spacial score (nSPS) is 10.9. The standard InChI is InChI=1S/C14H12Cl2N4/c1-20-8-19-12-4-5-17-14(13(12)20)18-7-9-2-3-10(15)11(16)6-9/h2-6,8H,7H2,1H3,(H,17,18). The molecule has 3 aromatic rings. The maximum absolute atomic E-state index is 6.01. The van der Waals surface area contributed by atoms with E-state index in [1.165, 1.54) is 0 Å². The number of benzene rings is 1. The Balaban J connectivity index is 1.86. The van der Waals surface area contributed by atoms with E-state index in [0.29, 0.717) is 16.6 Å². The fraction of sp³-hybridized carbons (Fsp3) is 0.143. The number of halogens is 2. The highest BCUT2D eigenvalue weighted by atomic mass is 35.5. The second kappa shape index (κ2) is 5.31. The number of aryl methyl sites for hydroxylation is 1. The van der Waals surface area contributed by atoms with Crippen molar-refractivity contribution in [2.75, 3.05) is 5.32 Å². The predicted octanol–water partition coefficient (Wildman–Crippen LogP) is 3.89. The first-order valence-corrected chi connectivity index (χ1v) is 6.84. The second-order valence-corrected chi connectivity index (χ2v) is 5.30. The van der Waals surface area contributed by atoms with Crippen LogP contribution in [-0.4, -0.2) is 14.5 Å². The predicted molar refractivity (Wildman–Crippen MR) is 82.3 cm³/mol. The highest BCUT2D eigenvalue weighted by molar-refractivity contribution is 6.42. The maximum Gasteiger partial charge on any atom is 0.152 e. The minimum Gasteiger partial charge on any atom is -0.364 e. The van der Waals surface area contributed by atoms with Gasteiger partial charge in [0.25, 0.3) is 0 Å². The molecular formula is C14H12Cl2N4. The summed E-state index contributed by atoms with van der Waals surface area (Å²) in [4.78, 5) is 8.67. The smallest absolute Gasteiger partial charge is 0.152 e. The van der Waals surface area contributed by atoms with Crippen molar-refractivity contribution >= 4 is 40.1 Å². The summed E-state index contributed by atoms with van der Waals surface area (Å²) in [6.45, 7) is 0.619. The van der Waals surface area contributed by atoms with Crippen molar-refractivity contribution in [3.63, 3.8) is 0 Å².